The average molecular weight is 457 g/mol. The maximum Gasteiger partial charge on any atom is 0.133 e. The summed E-state index contributed by atoms with van der Waals surface area (Å²) >= 11 is 0. The van der Waals surface area contributed by atoms with E-state index in [1.54, 1.807) is 5.57 Å². The number of hydrogen-bond acceptors (Lipinski definition) is 2. The quantitative estimate of drug-likeness (QED) is 0.339. The van der Waals surface area contributed by atoms with E-state index in [0.717, 1.165) is 11.0 Å². The summed E-state index contributed by atoms with van der Waals surface area (Å²) in [5.41, 5.74) is 10.2. The van der Waals surface area contributed by atoms with E-state index in [2.05, 4.69) is 66.3 Å². The summed E-state index contributed by atoms with van der Waals surface area (Å²) in [5, 5.41) is 0.621. The number of rotatable bonds is 5. The summed E-state index contributed by atoms with van der Waals surface area (Å²) in [6.07, 6.45) is 8.48. The van der Waals surface area contributed by atoms with Crippen molar-refractivity contribution < 1.29 is 8.83 Å². The van der Waals surface area contributed by atoms with Crippen molar-refractivity contribution in [1.82, 2.24) is 0 Å². The molecule has 4 rings (SSSR count). The van der Waals surface area contributed by atoms with Crippen molar-refractivity contribution in [1.29, 1.82) is 0 Å². The van der Waals surface area contributed by atoms with Gasteiger partial charge in [-0.1, -0.05) is 56.4 Å². The summed E-state index contributed by atoms with van der Waals surface area (Å²) in [7, 11) is -0.947. The molecule has 0 saturated carbocycles. The van der Waals surface area contributed by atoms with E-state index in [-0.39, 0.29) is 7.92 Å². The zero-order valence-electron chi connectivity index (χ0n) is 20.2. The minimum Gasteiger partial charge on any atom is -0.464 e. The summed E-state index contributed by atoms with van der Waals surface area (Å²) in [5.74, 6) is 0.609. The van der Waals surface area contributed by atoms with Gasteiger partial charge in [-0.2, -0.15) is 0 Å². The Hall–Kier alpha value is -1.06. The van der Waals surface area contributed by atoms with Gasteiger partial charge in [-0.15, -0.1) is 5.73 Å². The van der Waals surface area contributed by atoms with Gasteiger partial charge in [0.1, 0.15) is 11.0 Å². The predicted octanol–water partition coefficient (Wildman–Crippen LogP) is 7.80. The van der Waals surface area contributed by atoms with Crippen LogP contribution in [-0.4, -0.2) is 21.6 Å². The molecule has 0 aliphatic heterocycles. The largest absolute Gasteiger partial charge is 0.464 e. The van der Waals surface area contributed by atoms with Gasteiger partial charge in [0.25, 0.3) is 0 Å². The van der Waals surface area contributed by atoms with Gasteiger partial charge in [0.15, 0.2) is 0 Å². The third-order valence-corrected chi connectivity index (χ3v) is 13.5. The van der Waals surface area contributed by atoms with Crippen LogP contribution < -0.4 is 11.0 Å². The predicted molar refractivity (Wildman–Crippen MR) is 136 cm³/mol. The van der Waals surface area contributed by atoms with Crippen molar-refractivity contribution in [3.63, 3.8) is 0 Å². The fourth-order valence-electron chi connectivity index (χ4n) is 6.27. The van der Waals surface area contributed by atoms with Gasteiger partial charge in [0, 0.05) is 13.6 Å². The summed E-state index contributed by atoms with van der Waals surface area (Å²) in [4.78, 5) is 0. The molecule has 2 nitrogen and oxygen atoms in total. The lowest BCUT2D eigenvalue weighted by Gasteiger charge is -2.51. The minimum absolute atomic E-state index is 0.217. The van der Waals surface area contributed by atoms with Gasteiger partial charge in [-0.25, -0.2) is 0 Å². The molecule has 2 aromatic rings. The van der Waals surface area contributed by atoms with Crippen LogP contribution >= 0.6 is 15.8 Å². The molecule has 2 aliphatic rings. The van der Waals surface area contributed by atoms with Crippen LogP contribution in [0, 0.1) is 5.92 Å². The maximum absolute atomic E-state index is 6.06. The van der Waals surface area contributed by atoms with E-state index in [9.17, 15) is 0 Å². The highest BCUT2D eigenvalue weighted by Crippen LogP contribution is 2.67. The van der Waals surface area contributed by atoms with Crippen molar-refractivity contribution in [2.24, 2.45) is 5.92 Å². The number of allylic oxidation sites excluding steroid dienone is 1. The highest BCUT2D eigenvalue weighted by Gasteiger charge is 2.48. The molecule has 0 aromatic carbocycles. The number of furan rings is 2. The zero-order valence-corrected chi connectivity index (χ0v) is 22.0. The second-order valence-corrected chi connectivity index (χ2v) is 17.6. The lowest BCUT2D eigenvalue weighted by Crippen LogP contribution is -2.41. The molecule has 31 heavy (non-hydrogen) atoms. The van der Waals surface area contributed by atoms with Gasteiger partial charge in [0.05, 0.1) is 12.5 Å². The first-order valence-electron chi connectivity index (χ1n) is 11.7. The Labute approximate surface area is 191 Å². The van der Waals surface area contributed by atoms with Crippen LogP contribution in [0.4, 0.5) is 0 Å². The van der Waals surface area contributed by atoms with Crippen LogP contribution in [-0.2, 0) is 0 Å². The molecule has 2 bridgehead atoms. The molecule has 4 heteroatoms. The number of hydrogen-bond donors (Lipinski definition) is 0. The highest BCUT2D eigenvalue weighted by molar-refractivity contribution is 7.73. The van der Waals surface area contributed by atoms with Crippen LogP contribution in [0.5, 0.6) is 0 Å². The van der Waals surface area contributed by atoms with Gasteiger partial charge < -0.3 is 8.83 Å². The van der Waals surface area contributed by atoms with E-state index in [1.165, 1.54) is 31.3 Å². The van der Waals surface area contributed by atoms with Crippen LogP contribution in [0.25, 0.3) is 0 Å². The molecule has 0 N–H and O–H groups in total. The van der Waals surface area contributed by atoms with E-state index >= 15 is 0 Å². The molecule has 0 saturated heterocycles. The molecule has 0 spiro atoms. The van der Waals surface area contributed by atoms with Crippen molar-refractivity contribution in [2.75, 3.05) is 0 Å². The standard InChI is InChI=1S/C27H38O2P2/c1-19(31(26(2,3)4)27(5,6)7)22-18-20-11-8-12-21(17-20)25(22)30(23-13-9-15-28-23)24-14-10-16-29-24/h9-10,13-16,19,22,25H,8,11-12,18H2,1-7H3. The fourth-order valence-corrected chi connectivity index (χ4v) is 14.4. The van der Waals surface area contributed by atoms with Gasteiger partial charge >= 0.3 is 0 Å². The monoisotopic (exact) mass is 456 g/mol. The van der Waals surface area contributed by atoms with Gasteiger partial charge in [0.2, 0.25) is 0 Å². The van der Waals surface area contributed by atoms with Crippen LogP contribution in [0.2, 0.25) is 0 Å². The SMILES string of the molecule is CC(C1CC2=C=C(CCC2)C1P(c1ccco1)c1ccco1)P(C(C)(C)C)C(C)(C)C. The molecule has 0 amide bonds. The van der Waals surface area contributed by atoms with Crippen molar-refractivity contribution in [3.8, 4) is 0 Å². The lowest BCUT2D eigenvalue weighted by molar-refractivity contribution is 0.457. The Morgan fingerprint density at radius 1 is 0.935 bits per heavy atom. The summed E-state index contributed by atoms with van der Waals surface area (Å²) in [6, 6.07) is 8.38. The second kappa shape index (κ2) is 8.71. The summed E-state index contributed by atoms with van der Waals surface area (Å²) in [6.45, 7) is 17.3. The molecule has 0 radical (unpaired) electrons. The van der Waals surface area contributed by atoms with E-state index in [1.807, 2.05) is 24.7 Å². The topological polar surface area (TPSA) is 26.3 Å². The van der Waals surface area contributed by atoms with E-state index < -0.39 is 7.92 Å². The van der Waals surface area contributed by atoms with Crippen molar-refractivity contribution in [3.05, 3.63) is 53.7 Å². The minimum atomic E-state index is -0.729. The maximum atomic E-state index is 6.06. The van der Waals surface area contributed by atoms with Crippen molar-refractivity contribution in [2.45, 2.75) is 95.8 Å². The highest BCUT2D eigenvalue weighted by atomic mass is 31.1. The molecule has 3 unspecified atom stereocenters. The first-order chi connectivity index (χ1) is 14.6. The lowest BCUT2D eigenvalue weighted by atomic mass is 9.79. The van der Waals surface area contributed by atoms with Gasteiger partial charge in [-0.05, 0) is 83.0 Å². The molecule has 2 aromatic heterocycles. The Balaban J connectivity index is 1.83. The molecule has 2 heterocycles. The van der Waals surface area contributed by atoms with E-state index in [4.69, 9.17) is 8.83 Å². The average Bonchev–Trinajstić information content (AvgIpc) is 3.36. The third-order valence-electron chi connectivity index (χ3n) is 6.74. The molecule has 2 aliphatic carbocycles. The van der Waals surface area contributed by atoms with Crippen LogP contribution in [0.3, 0.4) is 0 Å². The summed E-state index contributed by atoms with van der Waals surface area (Å²) < 4.78 is 12.1. The Morgan fingerprint density at radius 2 is 1.52 bits per heavy atom. The molecular formula is C27H38O2P2. The van der Waals surface area contributed by atoms with Crippen LogP contribution in [0.1, 0.15) is 74.1 Å². The Bertz CT molecular complexity index is 886. The van der Waals surface area contributed by atoms with Crippen molar-refractivity contribution >= 4 is 26.8 Å². The molecule has 0 fully saturated rings. The Morgan fingerprint density at radius 3 is 2.00 bits per heavy atom. The normalized spacial score (nSPS) is 23.1. The Kier molecular flexibility index (Phi) is 6.49. The van der Waals surface area contributed by atoms with Gasteiger partial charge in [-0.3, -0.25) is 0 Å². The first-order valence-corrected chi connectivity index (χ1v) is 14.5. The smallest absolute Gasteiger partial charge is 0.133 e. The molecule has 168 valence electrons. The second-order valence-electron chi connectivity index (χ2n) is 11.1. The van der Waals surface area contributed by atoms with Crippen LogP contribution in [0.15, 0.2) is 62.5 Å². The zero-order chi connectivity index (χ0) is 22.4. The fraction of sp³-hybridized carbons (Fsp3) is 0.593. The third kappa shape index (κ3) is 4.69. The molecular weight excluding hydrogens is 418 g/mol. The molecule has 3 atom stereocenters. The first kappa shape index (κ1) is 23.1. The van der Waals surface area contributed by atoms with E-state index in [0.29, 0.717) is 27.5 Å².